The summed E-state index contributed by atoms with van der Waals surface area (Å²) in [6.45, 7) is 8.55. The lowest BCUT2D eigenvalue weighted by Crippen LogP contribution is -2.18. The third kappa shape index (κ3) is 2.62. The van der Waals surface area contributed by atoms with Crippen molar-refractivity contribution in [3.8, 4) is 5.88 Å². The Labute approximate surface area is 125 Å². The molecule has 0 aromatic carbocycles. The van der Waals surface area contributed by atoms with Crippen LogP contribution in [0.15, 0.2) is 12.1 Å². The van der Waals surface area contributed by atoms with Crippen LogP contribution in [-0.4, -0.2) is 21.6 Å². The second kappa shape index (κ2) is 6.00. The van der Waals surface area contributed by atoms with Gasteiger partial charge in [0, 0.05) is 12.1 Å². The van der Waals surface area contributed by atoms with Gasteiger partial charge in [0.2, 0.25) is 5.88 Å². The van der Waals surface area contributed by atoms with Gasteiger partial charge in [-0.2, -0.15) is 4.98 Å². The average molecular weight is 296 g/mol. The highest BCUT2D eigenvalue weighted by Gasteiger charge is 2.24. The molecule has 0 aliphatic heterocycles. The van der Waals surface area contributed by atoms with Crippen LogP contribution >= 0.6 is 11.6 Å². The maximum Gasteiger partial charge on any atom is 0.215 e. The van der Waals surface area contributed by atoms with Crippen molar-refractivity contribution in [1.29, 1.82) is 0 Å². The minimum absolute atomic E-state index is 0.150. The number of pyridine rings is 1. The van der Waals surface area contributed by atoms with Gasteiger partial charge in [0.05, 0.1) is 12.5 Å². The molecule has 2 rings (SSSR count). The van der Waals surface area contributed by atoms with Crippen LogP contribution in [0, 0.1) is 5.92 Å². The number of methoxy groups -OCH3 is 1. The number of ether oxygens (including phenoxy) is 1. The van der Waals surface area contributed by atoms with Crippen LogP contribution in [0.3, 0.4) is 0 Å². The van der Waals surface area contributed by atoms with Gasteiger partial charge in [-0.05, 0) is 25.3 Å². The van der Waals surface area contributed by atoms with Crippen molar-refractivity contribution in [1.82, 2.24) is 14.5 Å². The molecule has 0 saturated heterocycles. The summed E-state index contributed by atoms with van der Waals surface area (Å²) in [6, 6.07) is 4.10. The molecule has 110 valence electrons. The van der Waals surface area contributed by atoms with E-state index in [1.807, 2.05) is 19.1 Å². The molecule has 0 N–H and O–H groups in total. The fourth-order valence-electron chi connectivity index (χ4n) is 2.65. The second-order valence-corrected chi connectivity index (χ2v) is 6.03. The molecule has 20 heavy (non-hydrogen) atoms. The molecule has 2 aromatic rings. The molecule has 2 unspecified atom stereocenters. The van der Waals surface area contributed by atoms with Gasteiger partial charge in [0.1, 0.15) is 11.3 Å². The number of fused-ring (bicyclic) bond motifs is 1. The minimum atomic E-state index is -0.150. The number of alkyl halides is 1. The Kier molecular flexibility index (Phi) is 4.53. The largest absolute Gasteiger partial charge is 0.481 e. The lowest BCUT2D eigenvalue weighted by molar-refractivity contribution is 0.360. The highest BCUT2D eigenvalue weighted by atomic mass is 35.5. The zero-order valence-corrected chi connectivity index (χ0v) is 13.5. The number of hydrogen-bond acceptors (Lipinski definition) is 3. The molecular weight excluding hydrogens is 274 g/mol. The lowest BCUT2D eigenvalue weighted by atomic mass is 10.0. The van der Waals surface area contributed by atoms with Gasteiger partial charge in [0.25, 0.3) is 0 Å². The Balaban J connectivity index is 2.71. The fraction of sp³-hybridized carbons (Fsp3) is 0.600. The van der Waals surface area contributed by atoms with Gasteiger partial charge in [-0.3, -0.25) is 0 Å². The SMILES string of the molecule is CCC(C(C)C)n1c(C(C)Cl)nc2ccc(OC)nc21. The van der Waals surface area contributed by atoms with Gasteiger partial charge in [0.15, 0.2) is 5.65 Å². The van der Waals surface area contributed by atoms with Gasteiger partial charge >= 0.3 is 0 Å². The Hall–Kier alpha value is -1.29. The van der Waals surface area contributed by atoms with Crippen LogP contribution in [0.4, 0.5) is 0 Å². The van der Waals surface area contributed by atoms with Crippen molar-refractivity contribution in [3.63, 3.8) is 0 Å². The molecular formula is C15H22ClN3O. The number of imidazole rings is 1. The highest BCUT2D eigenvalue weighted by molar-refractivity contribution is 6.20. The monoisotopic (exact) mass is 295 g/mol. The summed E-state index contributed by atoms with van der Waals surface area (Å²) in [5.74, 6) is 1.97. The molecule has 0 radical (unpaired) electrons. The van der Waals surface area contributed by atoms with E-state index in [4.69, 9.17) is 16.3 Å². The second-order valence-electron chi connectivity index (χ2n) is 5.37. The summed E-state index contributed by atoms with van der Waals surface area (Å²) in [5.41, 5.74) is 1.72. The lowest BCUT2D eigenvalue weighted by Gasteiger charge is -2.24. The van der Waals surface area contributed by atoms with E-state index in [2.05, 4.69) is 35.3 Å². The summed E-state index contributed by atoms with van der Waals surface area (Å²) >= 11 is 6.32. The molecule has 0 fully saturated rings. The molecule has 2 heterocycles. The van der Waals surface area contributed by atoms with Crippen LogP contribution in [0.1, 0.15) is 51.4 Å². The molecule has 0 aliphatic carbocycles. The molecule has 5 heteroatoms. The number of rotatable bonds is 5. The topological polar surface area (TPSA) is 39.9 Å². The normalized spacial score (nSPS) is 14.8. The predicted octanol–water partition coefficient (Wildman–Crippen LogP) is 4.35. The van der Waals surface area contributed by atoms with Crippen molar-refractivity contribution >= 4 is 22.8 Å². The van der Waals surface area contributed by atoms with Gasteiger partial charge in [-0.15, -0.1) is 11.6 Å². The van der Waals surface area contributed by atoms with E-state index in [0.717, 1.165) is 23.4 Å². The first-order valence-corrected chi connectivity index (χ1v) is 7.50. The van der Waals surface area contributed by atoms with Crippen LogP contribution < -0.4 is 4.74 Å². The van der Waals surface area contributed by atoms with Crippen LogP contribution in [0.5, 0.6) is 5.88 Å². The van der Waals surface area contributed by atoms with Crippen molar-refractivity contribution in [2.24, 2.45) is 5.92 Å². The minimum Gasteiger partial charge on any atom is -0.481 e. The Morgan fingerprint density at radius 1 is 1.25 bits per heavy atom. The van der Waals surface area contributed by atoms with E-state index in [-0.39, 0.29) is 5.38 Å². The van der Waals surface area contributed by atoms with Crippen LogP contribution in [-0.2, 0) is 0 Å². The number of halogens is 1. The molecule has 0 spiro atoms. The smallest absolute Gasteiger partial charge is 0.215 e. The standard InChI is InChI=1S/C15H22ClN3O/c1-6-12(9(2)3)19-14(10(4)16)17-11-7-8-13(20-5)18-15(11)19/h7-10,12H,6H2,1-5H3. The van der Waals surface area contributed by atoms with E-state index in [1.54, 1.807) is 7.11 Å². The zero-order chi connectivity index (χ0) is 14.9. The van der Waals surface area contributed by atoms with E-state index in [1.165, 1.54) is 0 Å². The third-order valence-electron chi connectivity index (χ3n) is 3.62. The average Bonchev–Trinajstić information content (AvgIpc) is 2.78. The van der Waals surface area contributed by atoms with Crippen molar-refractivity contribution in [3.05, 3.63) is 18.0 Å². The maximum atomic E-state index is 6.32. The number of nitrogens with zero attached hydrogens (tertiary/aromatic N) is 3. The highest BCUT2D eigenvalue weighted by Crippen LogP contribution is 2.32. The Morgan fingerprint density at radius 3 is 2.45 bits per heavy atom. The molecule has 4 nitrogen and oxygen atoms in total. The molecule has 0 bridgehead atoms. The molecule has 0 saturated carbocycles. The molecule has 2 aromatic heterocycles. The first-order chi connectivity index (χ1) is 9.49. The van der Waals surface area contributed by atoms with Gasteiger partial charge < -0.3 is 9.30 Å². The summed E-state index contributed by atoms with van der Waals surface area (Å²) in [4.78, 5) is 9.22. The van der Waals surface area contributed by atoms with Crippen LogP contribution in [0.25, 0.3) is 11.2 Å². The fourth-order valence-corrected chi connectivity index (χ4v) is 2.80. The molecule has 2 atom stereocenters. The summed E-state index contributed by atoms with van der Waals surface area (Å²) in [7, 11) is 1.62. The third-order valence-corrected chi connectivity index (χ3v) is 3.82. The van der Waals surface area contributed by atoms with E-state index < -0.39 is 0 Å². The molecule has 0 amide bonds. The Bertz CT molecular complexity index is 592. The maximum absolute atomic E-state index is 6.32. The van der Waals surface area contributed by atoms with Crippen molar-refractivity contribution in [2.75, 3.05) is 7.11 Å². The summed E-state index contributed by atoms with van der Waals surface area (Å²) in [5, 5.41) is -0.150. The quantitative estimate of drug-likeness (QED) is 0.770. The van der Waals surface area contributed by atoms with Gasteiger partial charge in [-0.1, -0.05) is 20.8 Å². The number of hydrogen-bond donors (Lipinski definition) is 0. The first kappa shape index (κ1) is 15.1. The molecule has 0 aliphatic rings. The Morgan fingerprint density at radius 2 is 1.95 bits per heavy atom. The van der Waals surface area contributed by atoms with Crippen LogP contribution in [0.2, 0.25) is 0 Å². The predicted molar refractivity (Wildman–Crippen MR) is 82.5 cm³/mol. The number of aromatic nitrogens is 3. The van der Waals surface area contributed by atoms with Gasteiger partial charge in [-0.25, -0.2) is 4.98 Å². The first-order valence-electron chi connectivity index (χ1n) is 7.06. The van der Waals surface area contributed by atoms with E-state index in [0.29, 0.717) is 17.8 Å². The van der Waals surface area contributed by atoms with Crippen molar-refractivity contribution in [2.45, 2.75) is 45.5 Å². The zero-order valence-electron chi connectivity index (χ0n) is 12.7. The van der Waals surface area contributed by atoms with E-state index in [9.17, 15) is 0 Å². The summed E-state index contributed by atoms with van der Waals surface area (Å²) < 4.78 is 7.42. The van der Waals surface area contributed by atoms with E-state index >= 15 is 0 Å². The summed E-state index contributed by atoms with van der Waals surface area (Å²) in [6.07, 6.45) is 1.01. The van der Waals surface area contributed by atoms with Crippen molar-refractivity contribution < 1.29 is 4.74 Å².